The summed E-state index contributed by atoms with van der Waals surface area (Å²) in [7, 11) is -0.0969. The molecule has 0 atom stereocenters. The van der Waals surface area contributed by atoms with E-state index < -0.39 is 36.1 Å². The van der Waals surface area contributed by atoms with Crippen molar-refractivity contribution in [3.63, 3.8) is 0 Å². The van der Waals surface area contributed by atoms with Gasteiger partial charge in [0.1, 0.15) is 0 Å². The summed E-state index contributed by atoms with van der Waals surface area (Å²) in [6, 6.07) is -6.65. The number of halogens is 12. The highest BCUT2D eigenvalue weighted by atomic mass is 19.4. The lowest BCUT2D eigenvalue weighted by atomic mass is 10.2. The molecular weight excluding hydrogens is 342 g/mol. The Balaban J connectivity index is 5.95. The molecule has 2 nitrogen and oxygen atoms in total. The number of aliphatic imine (C=N–C) groups is 1. The molecule has 0 heterocycles. The lowest BCUT2D eigenvalue weighted by Crippen LogP contribution is -2.53. The van der Waals surface area contributed by atoms with Gasteiger partial charge in [-0.2, -0.15) is 57.7 Å². The van der Waals surface area contributed by atoms with Crippen LogP contribution in [0.3, 0.4) is 0 Å². The first-order chi connectivity index (χ1) is 8.92. The number of nitrogens with zero attached hydrogens (tertiary/aromatic N) is 1. The Labute approximate surface area is 107 Å². The van der Waals surface area contributed by atoms with Gasteiger partial charge in [0, 0.05) is 0 Å². The van der Waals surface area contributed by atoms with Crippen molar-refractivity contribution < 1.29 is 57.4 Å². The number of ether oxygens (including phenoxy) is 1. The normalized spacial score (nSPS) is 16.1. The highest BCUT2D eigenvalue weighted by Crippen LogP contribution is 2.48. The monoisotopic (exact) mass is 345 g/mol. The van der Waals surface area contributed by atoms with Crippen molar-refractivity contribution in [3.05, 3.63) is 0 Å². The minimum absolute atomic E-state index is 0.0969. The second-order valence-electron chi connectivity index (χ2n) is 3.31. The zero-order valence-electron chi connectivity index (χ0n) is 9.39. The molecule has 0 aliphatic heterocycles. The molecule has 14 heteroatoms. The van der Waals surface area contributed by atoms with Crippen LogP contribution in [0.2, 0.25) is 0 Å². The summed E-state index contributed by atoms with van der Waals surface area (Å²) < 4.78 is 149. The summed E-state index contributed by atoms with van der Waals surface area (Å²) in [4.78, 5) is 0.824. The average molecular weight is 345 g/mol. The molecular formula is C7H3F12NO. The maximum absolute atomic E-state index is 12.6. The number of hydrogen-bond donors (Lipinski definition) is 0. The number of hydrogen-bond acceptors (Lipinski definition) is 2. The number of alkyl halides is 12. The Bertz CT molecular complexity index is 405. The van der Waals surface area contributed by atoms with Crippen molar-refractivity contribution >= 4 is 5.90 Å². The van der Waals surface area contributed by atoms with Crippen LogP contribution in [0.4, 0.5) is 52.7 Å². The molecule has 0 rings (SSSR count). The van der Waals surface area contributed by atoms with E-state index in [9.17, 15) is 52.7 Å². The van der Waals surface area contributed by atoms with Crippen LogP contribution in [0, 0.1) is 0 Å². The molecule has 0 radical (unpaired) electrons. The Hall–Kier alpha value is -1.37. The van der Waals surface area contributed by atoms with Gasteiger partial charge < -0.3 is 4.74 Å². The molecule has 0 fully saturated rings. The lowest BCUT2D eigenvalue weighted by Gasteiger charge is -2.27. The Morgan fingerprint density at radius 2 is 1.10 bits per heavy atom. The van der Waals surface area contributed by atoms with Crippen molar-refractivity contribution in [1.29, 1.82) is 0 Å². The van der Waals surface area contributed by atoms with E-state index in [0.717, 1.165) is 4.99 Å². The van der Waals surface area contributed by atoms with E-state index in [-0.39, 0.29) is 7.11 Å². The Morgan fingerprint density at radius 3 is 1.33 bits per heavy atom. The van der Waals surface area contributed by atoms with Crippen molar-refractivity contribution in [2.24, 2.45) is 4.99 Å². The maximum Gasteiger partial charge on any atom is 0.463 e. The molecule has 0 bridgehead atoms. The highest BCUT2D eigenvalue weighted by Gasteiger charge is 2.75. The fraction of sp³-hybridized carbons (Fsp3) is 0.857. The third-order valence-electron chi connectivity index (χ3n) is 1.79. The molecule has 0 aromatic rings. The van der Waals surface area contributed by atoms with E-state index in [1.165, 1.54) is 0 Å². The topological polar surface area (TPSA) is 21.6 Å². The van der Waals surface area contributed by atoms with Crippen molar-refractivity contribution in [3.8, 4) is 0 Å². The minimum atomic E-state index is -6.99. The minimum Gasteiger partial charge on any atom is -0.480 e. The summed E-state index contributed by atoms with van der Waals surface area (Å²) in [5.74, 6) is -16.6. The Morgan fingerprint density at radius 1 is 0.714 bits per heavy atom. The molecule has 21 heavy (non-hydrogen) atoms. The van der Waals surface area contributed by atoms with Crippen molar-refractivity contribution in [2.45, 2.75) is 30.2 Å². The van der Waals surface area contributed by atoms with Crippen LogP contribution < -0.4 is 0 Å². The second-order valence-corrected chi connectivity index (χ2v) is 3.31. The van der Waals surface area contributed by atoms with E-state index in [1.54, 1.807) is 0 Å². The van der Waals surface area contributed by atoms with Gasteiger partial charge in [-0.15, -0.1) is 0 Å². The predicted octanol–water partition coefficient (Wildman–Crippen LogP) is 4.02. The van der Waals surface area contributed by atoms with Crippen LogP contribution in [-0.2, 0) is 4.74 Å². The maximum atomic E-state index is 12.6. The lowest BCUT2D eigenvalue weighted by molar-refractivity contribution is -0.352. The molecule has 0 saturated heterocycles. The van der Waals surface area contributed by atoms with Crippen LogP contribution in [0.5, 0.6) is 0 Å². The first-order valence-corrected chi connectivity index (χ1v) is 4.33. The number of methoxy groups -OCH3 is 1. The van der Waals surface area contributed by atoms with Gasteiger partial charge in [0.25, 0.3) is 5.90 Å². The third kappa shape index (κ3) is 3.45. The first-order valence-electron chi connectivity index (χ1n) is 4.33. The largest absolute Gasteiger partial charge is 0.480 e. The third-order valence-corrected chi connectivity index (χ3v) is 1.79. The standard InChI is InChI=1S/C7H3F12NO/c1-21-2(3(8,9)5(12,13)14)20-7(18,19)4(10,11)6(15,16)17/h1H3/b20-2-. The highest BCUT2D eigenvalue weighted by molar-refractivity contribution is 5.84. The smallest absolute Gasteiger partial charge is 0.463 e. The summed E-state index contributed by atoms with van der Waals surface area (Å²) in [6.45, 7) is 0. The molecule has 0 aromatic carbocycles. The molecule has 0 aliphatic rings. The second kappa shape index (κ2) is 5.12. The van der Waals surface area contributed by atoms with Gasteiger partial charge >= 0.3 is 30.2 Å². The quantitative estimate of drug-likeness (QED) is 0.328. The van der Waals surface area contributed by atoms with Gasteiger partial charge in [-0.3, -0.25) is 0 Å². The predicted molar refractivity (Wildman–Crippen MR) is 41.4 cm³/mol. The van der Waals surface area contributed by atoms with Crippen LogP contribution in [0.1, 0.15) is 0 Å². The van der Waals surface area contributed by atoms with Crippen molar-refractivity contribution in [1.82, 2.24) is 0 Å². The summed E-state index contributed by atoms with van der Waals surface area (Å²) >= 11 is 0. The van der Waals surface area contributed by atoms with E-state index in [2.05, 4.69) is 4.74 Å². The van der Waals surface area contributed by atoms with Gasteiger partial charge in [-0.25, -0.2) is 0 Å². The van der Waals surface area contributed by atoms with Gasteiger partial charge in [0.15, 0.2) is 0 Å². The van der Waals surface area contributed by atoms with E-state index in [4.69, 9.17) is 0 Å². The van der Waals surface area contributed by atoms with Crippen LogP contribution in [-0.4, -0.2) is 43.3 Å². The molecule has 0 aliphatic carbocycles. The molecule has 0 amide bonds. The van der Waals surface area contributed by atoms with Gasteiger partial charge in [-0.1, -0.05) is 0 Å². The molecule has 0 N–H and O–H groups in total. The molecule has 126 valence electrons. The summed E-state index contributed by atoms with van der Waals surface area (Å²) in [5, 5.41) is 0. The zero-order valence-corrected chi connectivity index (χ0v) is 9.39. The van der Waals surface area contributed by atoms with Crippen LogP contribution in [0.25, 0.3) is 0 Å². The van der Waals surface area contributed by atoms with E-state index in [0.29, 0.717) is 0 Å². The zero-order chi connectivity index (χ0) is 17.5. The van der Waals surface area contributed by atoms with Gasteiger partial charge in [0.2, 0.25) is 0 Å². The van der Waals surface area contributed by atoms with Crippen LogP contribution in [0.15, 0.2) is 4.99 Å². The number of rotatable bonds is 3. The molecule has 0 aromatic heterocycles. The van der Waals surface area contributed by atoms with Gasteiger partial charge in [-0.05, 0) is 0 Å². The van der Waals surface area contributed by atoms with Crippen LogP contribution >= 0.6 is 0 Å². The first kappa shape index (κ1) is 19.6. The average Bonchev–Trinajstić information content (AvgIpc) is 2.22. The SMILES string of the molecule is CO/C(=N\C(F)(F)C(F)(F)C(F)(F)F)C(F)(F)C(F)(F)F. The summed E-state index contributed by atoms with van der Waals surface area (Å²) in [6.07, 6.45) is -13.6. The van der Waals surface area contributed by atoms with Crippen molar-refractivity contribution in [2.75, 3.05) is 7.11 Å². The van der Waals surface area contributed by atoms with E-state index in [1.807, 2.05) is 0 Å². The molecule has 0 saturated carbocycles. The molecule has 0 spiro atoms. The Kier molecular flexibility index (Phi) is 4.79. The van der Waals surface area contributed by atoms with E-state index >= 15 is 0 Å². The fourth-order valence-corrected chi connectivity index (χ4v) is 0.734. The fourth-order valence-electron chi connectivity index (χ4n) is 0.734. The summed E-state index contributed by atoms with van der Waals surface area (Å²) in [5.41, 5.74) is 0. The van der Waals surface area contributed by atoms with Gasteiger partial charge in [0.05, 0.1) is 7.11 Å². The molecule has 0 unspecified atom stereocenters.